The molecule has 0 bridgehead atoms. The smallest absolute Gasteiger partial charge is 0.257 e. The highest BCUT2D eigenvalue weighted by Crippen LogP contribution is 2.41. The first kappa shape index (κ1) is 21.4. The van der Waals surface area contributed by atoms with E-state index in [1.54, 1.807) is 0 Å². The lowest BCUT2D eigenvalue weighted by Crippen LogP contribution is -2.42. The highest BCUT2D eigenvalue weighted by Gasteiger charge is 2.38. The van der Waals surface area contributed by atoms with E-state index in [1.807, 2.05) is 67.9 Å². The fraction of sp³-hybridized carbons (Fsp3) is 0.360. The number of aromatic nitrogens is 2. The topological polar surface area (TPSA) is 59.0 Å². The molecule has 6 heteroatoms. The molecule has 2 heterocycles. The van der Waals surface area contributed by atoms with Gasteiger partial charge in [0.25, 0.3) is 5.91 Å². The van der Waals surface area contributed by atoms with Crippen LogP contribution >= 0.6 is 11.6 Å². The molecular formula is C25H29ClN4O. The van der Waals surface area contributed by atoms with E-state index in [9.17, 15) is 4.79 Å². The van der Waals surface area contributed by atoms with E-state index in [2.05, 4.69) is 36.6 Å². The lowest BCUT2D eigenvalue weighted by Gasteiger charge is -2.38. The van der Waals surface area contributed by atoms with Gasteiger partial charge in [-0.25, -0.2) is 4.68 Å². The summed E-state index contributed by atoms with van der Waals surface area (Å²) in [6.45, 7) is 10.2. The molecule has 1 aromatic heterocycles. The second-order valence-corrected chi connectivity index (χ2v) is 9.87. The van der Waals surface area contributed by atoms with Gasteiger partial charge in [-0.2, -0.15) is 5.10 Å². The minimum atomic E-state index is -0.564. The van der Waals surface area contributed by atoms with Crippen molar-refractivity contribution in [3.8, 4) is 0 Å². The molecule has 4 rings (SSSR count). The first-order valence-corrected chi connectivity index (χ1v) is 11.0. The number of amides is 1. The number of hydrogen-bond acceptors (Lipinski definition) is 3. The highest BCUT2D eigenvalue weighted by atomic mass is 35.5. The van der Waals surface area contributed by atoms with Crippen LogP contribution in [-0.4, -0.2) is 15.7 Å². The molecule has 1 aliphatic rings. The molecule has 1 unspecified atom stereocenters. The molecule has 1 amide bonds. The van der Waals surface area contributed by atoms with Crippen molar-refractivity contribution in [2.45, 2.75) is 58.2 Å². The van der Waals surface area contributed by atoms with Crippen molar-refractivity contribution in [2.75, 3.05) is 5.32 Å². The molecule has 0 fully saturated rings. The number of aryl methyl sites for hydroxylation is 1. The van der Waals surface area contributed by atoms with E-state index < -0.39 is 5.54 Å². The van der Waals surface area contributed by atoms with Crippen LogP contribution < -0.4 is 10.6 Å². The van der Waals surface area contributed by atoms with Gasteiger partial charge < -0.3 is 10.6 Å². The molecule has 2 aromatic carbocycles. The van der Waals surface area contributed by atoms with Crippen molar-refractivity contribution >= 4 is 23.3 Å². The summed E-state index contributed by atoms with van der Waals surface area (Å²) in [5.74, 6) is 0.628. The Labute approximate surface area is 188 Å². The average Bonchev–Trinajstić information content (AvgIpc) is 3.05. The Morgan fingerprint density at radius 2 is 1.81 bits per heavy atom. The standard InChI is InChI=1S/C25H29ClN4O/c1-16-21(23(31)28-25(4,5)18-11-13-19(26)14-12-18)22-27-20(17-9-7-6-8-10-17)15-24(2,3)30(22)29-16/h6-14,20,27H,15H2,1-5H3,(H,28,31). The fourth-order valence-corrected chi connectivity index (χ4v) is 4.47. The monoisotopic (exact) mass is 436 g/mol. The lowest BCUT2D eigenvalue weighted by atomic mass is 9.89. The minimum absolute atomic E-state index is 0.107. The number of rotatable bonds is 4. The molecule has 162 valence electrons. The molecule has 0 spiro atoms. The van der Waals surface area contributed by atoms with Gasteiger partial charge in [-0.1, -0.05) is 54.1 Å². The molecule has 0 saturated heterocycles. The van der Waals surface area contributed by atoms with E-state index in [1.165, 1.54) is 5.56 Å². The van der Waals surface area contributed by atoms with Gasteiger partial charge in [-0.05, 0) is 64.3 Å². The minimum Gasteiger partial charge on any atom is -0.363 e. The van der Waals surface area contributed by atoms with E-state index in [0.717, 1.165) is 17.8 Å². The first-order valence-electron chi connectivity index (χ1n) is 10.6. The number of hydrogen-bond donors (Lipinski definition) is 2. The molecule has 1 aliphatic heterocycles. The van der Waals surface area contributed by atoms with Crippen molar-refractivity contribution in [1.29, 1.82) is 0 Å². The van der Waals surface area contributed by atoms with Crippen LogP contribution in [0.2, 0.25) is 5.02 Å². The van der Waals surface area contributed by atoms with Crippen molar-refractivity contribution in [3.05, 3.63) is 82.0 Å². The summed E-state index contributed by atoms with van der Waals surface area (Å²) in [5.41, 5.74) is 2.71. The van der Waals surface area contributed by atoms with Crippen molar-refractivity contribution in [2.24, 2.45) is 0 Å². The zero-order valence-corrected chi connectivity index (χ0v) is 19.4. The number of nitrogens with one attached hydrogen (secondary N) is 2. The number of fused-ring (bicyclic) bond motifs is 1. The van der Waals surface area contributed by atoms with Gasteiger partial charge in [0.2, 0.25) is 0 Å². The number of carbonyl (C=O) groups is 1. The molecule has 0 saturated carbocycles. The normalized spacial score (nSPS) is 17.5. The van der Waals surface area contributed by atoms with Crippen LogP contribution in [0.4, 0.5) is 5.82 Å². The zero-order valence-electron chi connectivity index (χ0n) is 18.7. The summed E-state index contributed by atoms with van der Waals surface area (Å²) in [4.78, 5) is 13.5. The van der Waals surface area contributed by atoms with E-state index in [-0.39, 0.29) is 17.5 Å². The van der Waals surface area contributed by atoms with E-state index in [0.29, 0.717) is 16.3 Å². The van der Waals surface area contributed by atoms with Crippen LogP contribution in [0.25, 0.3) is 0 Å². The predicted molar refractivity (Wildman–Crippen MR) is 126 cm³/mol. The molecule has 5 nitrogen and oxygen atoms in total. The van der Waals surface area contributed by atoms with Gasteiger partial charge >= 0.3 is 0 Å². The van der Waals surface area contributed by atoms with Crippen LogP contribution in [0.5, 0.6) is 0 Å². The summed E-state index contributed by atoms with van der Waals surface area (Å²) in [5, 5.41) is 12.2. The Kier molecular flexibility index (Phi) is 5.34. The van der Waals surface area contributed by atoms with Gasteiger partial charge in [0.05, 0.1) is 22.8 Å². The highest BCUT2D eigenvalue weighted by molar-refractivity contribution is 6.30. The summed E-state index contributed by atoms with van der Waals surface area (Å²) in [7, 11) is 0. The Morgan fingerprint density at radius 3 is 2.45 bits per heavy atom. The number of nitrogens with zero attached hydrogens (tertiary/aromatic N) is 2. The van der Waals surface area contributed by atoms with Crippen LogP contribution in [0.15, 0.2) is 54.6 Å². The zero-order chi connectivity index (χ0) is 22.4. The van der Waals surface area contributed by atoms with Crippen molar-refractivity contribution < 1.29 is 4.79 Å². The maximum atomic E-state index is 13.5. The van der Waals surface area contributed by atoms with E-state index in [4.69, 9.17) is 16.7 Å². The van der Waals surface area contributed by atoms with Crippen LogP contribution in [0, 0.1) is 6.92 Å². The lowest BCUT2D eigenvalue weighted by molar-refractivity contribution is 0.0912. The summed E-state index contributed by atoms with van der Waals surface area (Å²) >= 11 is 6.03. The molecule has 0 radical (unpaired) electrons. The summed E-state index contributed by atoms with van der Waals surface area (Å²) in [6.07, 6.45) is 0.877. The molecular weight excluding hydrogens is 408 g/mol. The van der Waals surface area contributed by atoms with E-state index >= 15 is 0 Å². The Balaban J connectivity index is 1.68. The van der Waals surface area contributed by atoms with Gasteiger partial charge in [-0.15, -0.1) is 0 Å². The molecule has 1 atom stereocenters. The van der Waals surface area contributed by atoms with Crippen molar-refractivity contribution in [3.63, 3.8) is 0 Å². The number of halogens is 1. The number of carbonyl (C=O) groups excluding carboxylic acids is 1. The molecule has 31 heavy (non-hydrogen) atoms. The third-order valence-electron chi connectivity index (χ3n) is 6.07. The first-order chi connectivity index (χ1) is 14.6. The number of benzene rings is 2. The van der Waals surface area contributed by atoms with Crippen molar-refractivity contribution in [1.82, 2.24) is 15.1 Å². The van der Waals surface area contributed by atoms with Crippen LogP contribution in [-0.2, 0) is 11.1 Å². The van der Waals surface area contributed by atoms with Gasteiger partial charge in [-0.3, -0.25) is 4.79 Å². The fourth-order valence-electron chi connectivity index (χ4n) is 4.34. The number of anilines is 1. The van der Waals surface area contributed by atoms with Crippen LogP contribution in [0.3, 0.4) is 0 Å². The maximum Gasteiger partial charge on any atom is 0.257 e. The Bertz CT molecular complexity index is 1100. The third kappa shape index (κ3) is 4.07. The molecule has 2 N–H and O–H groups in total. The predicted octanol–water partition coefficient (Wildman–Crippen LogP) is 5.80. The molecule has 0 aliphatic carbocycles. The maximum absolute atomic E-state index is 13.5. The summed E-state index contributed by atoms with van der Waals surface area (Å²) < 4.78 is 1.96. The van der Waals surface area contributed by atoms with Gasteiger partial charge in [0.1, 0.15) is 11.4 Å². The average molecular weight is 437 g/mol. The molecule has 3 aromatic rings. The largest absolute Gasteiger partial charge is 0.363 e. The Morgan fingerprint density at radius 1 is 1.16 bits per heavy atom. The second-order valence-electron chi connectivity index (χ2n) is 9.43. The van der Waals surface area contributed by atoms with Gasteiger partial charge in [0, 0.05) is 5.02 Å². The second kappa shape index (κ2) is 7.72. The Hall–Kier alpha value is -2.79. The SMILES string of the molecule is Cc1nn2c(c1C(=O)NC(C)(C)c1ccc(Cl)cc1)NC(c1ccccc1)CC2(C)C. The van der Waals surface area contributed by atoms with Gasteiger partial charge in [0.15, 0.2) is 0 Å². The quantitative estimate of drug-likeness (QED) is 0.543. The van der Waals surface area contributed by atoms with Crippen LogP contribution in [0.1, 0.15) is 67.3 Å². The third-order valence-corrected chi connectivity index (χ3v) is 6.32. The summed E-state index contributed by atoms with van der Waals surface area (Å²) in [6, 6.07) is 18.0.